The van der Waals surface area contributed by atoms with Gasteiger partial charge in [-0.1, -0.05) is 30.3 Å². The Hall–Kier alpha value is -3.07. The molecular weight excluding hydrogens is 356 g/mol. The molecule has 1 unspecified atom stereocenters. The lowest BCUT2D eigenvalue weighted by Gasteiger charge is -2.16. The lowest BCUT2D eigenvalue weighted by molar-refractivity contribution is 0.0937. The second-order valence-electron chi connectivity index (χ2n) is 7.10. The van der Waals surface area contributed by atoms with Crippen molar-refractivity contribution >= 4 is 5.91 Å². The molecule has 2 aromatic heterocycles. The van der Waals surface area contributed by atoms with Gasteiger partial charge < -0.3 is 10.2 Å². The molecule has 2 N–H and O–H groups in total. The number of H-pyrrole nitrogens is 1. The van der Waals surface area contributed by atoms with E-state index in [0.29, 0.717) is 24.2 Å². The molecule has 1 amide bonds. The van der Waals surface area contributed by atoms with Crippen LogP contribution < -0.4 is 5.32 Å². The maximum absolute atomic E-state index is 12.4. The maximum Gasteiger partial charge on any atom is 0.290 e. The number of rotatable bonds is 7. The molecule has 4 rings (SSSR count). The van der Waals surface area contributed by atoms with Gasteiger partial charge in [-0.25, -0.2) is 10.1 Å². The Kier molecular flexibility index (Phi) is 5.43. The number of aryl methyl sites for hydroxylation is 1. The molecule has 1 atom stereocenters. The van der Waals surface area contributed by atoms with Gasteiger partial charge in [0.25, 0.3) is 5.91 Å². The van der Waals surface area contributed by atoms with Crippen LogP contribution in [-0.4, -0.2) is 66.9 Å². The Balaban J connectivity index is 1.25. The SMILES string of the molecule is Cc1nc(C(=O)NCC2CCN(CCc3ccccc3)C2)nn1-c1ncn[nH]1. The van der Waals surface area contributed by atoms with Crippen LogP contribution in [0.3, 0.4) is 0 Å². The summed E-state index contributed by atoms with van der Waals surface area (Å²) in [6.45, 7) is 5.54. The lowest BCUT2D eigenvalue weighted by atomic mass is 10.1. The van der Waals surface area contributed by atoms with Gasteiger partial charge in [0, 0.05) is 19.6 Å². The van der Waals surface area contributed by atoms with Crippen LogP contribution >= 0.6 is 0 Å². The average molecular weight is 380 g/mol. The first-order valence-electron chi connectivity index (χ1n) is 9.53. The van der Waals surface area contributed by atoms with E-state index in [0.717, 1.165) is 32.5 Å². The molecule has 1 aromatic carbocycles. The fraction of sp³-hybridized carbons (Fsp3) is 0.421. The van der Waals surface area contributed by atoms with Crippen molar-refractivity contribution in [2.24, 2.45) is 5.92 Å². The quantitative estimate of drug-likeness (QED) is 0.633. The van der Waals surface area contributed by atoms with Gasteiger partial charge in [0.2, 0.25) is 11.8 Å². The van der Waals surface area contributed by atoms with Crippen molar-refractivity contribution in [3.63, 3.8) is 0 Å². The first-order chi connectivity index (χ1) is 13.7. The number of hydrogen-bond acceptors (Lipinski definition) is 6. The summed E-state index contributed by atoms with van der Waals surface area (Å²) in [4.78, 5) is 23.1. The molecule has 0 spiro atoms. The normalized spacial score (nSPS) is 17.1. The van der Waals surface area contributed by atoms with E-state index in [-0.39, 0.29) is 11.7 Å². The summed E-state index contributed by atoms with van der Waals surface area (Å²) in [5.41, 5.74) is 1.36. The number of carbonyl (C=O) groups is 1. The molecule has 1 fully saturated rings. The average Bonchev–Trinajstić information content (AvgIpc) is 3.46. The molecular formula is C19H24N8O. The van der Waals surface area contributed by atoms with Gasteiger partial charge >= 0.3 is 0 Å². The van der Waals surface area contributed by atoms with Crippen molar-refractivity contribution < 1.29 is 4.79 Å². The fourth-order valence-electron chi connectivity index (χ4n) is 3.52. The van der Waals surface area contributed by atoms with Crippen LogP contribution in [0.4, 0.5) is 0 Å². The highest BCUT2D eigenvalue weighted by molar-refractivity contribution is 5.90. The second kappa shape index (κ2) is 8.30. The summed E-state index contributed by atoms with van der Waals surface area (Å²) in [7, 11) is 0. The minimum Gasteiger partial charge on any atom is -0.349 e. The summed E-state index contributed by atoms with van der Waals surface area (Å²) in [6.07, 6.45) is 3.54. The Labute approximate surface area is 163 Å². The summed E-state index contributed by atoms with van der Waals surface area (Å²) in [5.74, 6) is 1.36. The number of nitrogens with zero attached hydrogens (tertiary/aromatic N) is 6. The minimum absolute atomic E-state index is 0.146. The number of aromatic amines is 1. The third-order valence-corrected chi connectivity index (χ3v) is 5.06. The predicted molar refractivity (Wildman–Crippen MR) is 103 cm³/mol. The molecule has 3 heterocycles. The molecule has 1 saturated heterocycles. The number of hydrogen-bond donors (Lipinski definition) is 2. The van der Waals surface area contributed by atoms with E-state index in [1.165, 1.54) is 16.6 Å². The zero-order valence-electron chi connectivity index (χ0n) is 15.9. The zero-order chi connectivity index (χ0) is 19.3. The summed E-state index contributed by atoms with van der Waals surface area (Å²) < 4.78 is 1.47. The van der Waals surface area contributed by atoms with Gasteiger partial charge in [-0.3, -0.25) is 4.79 Å². The first kappa shape index (κ1) is 18.3. The van der Waals surface area contributed by atoms with Crippen LogP contribution in [0.25, 0.3) is 5.95 Å². The van der Waals surface area contributed by atoms with E-state index in [2.05, 4.69) is 59.7 Å². The monoisotopic (exact) mass is 380 g/mol. The third kappa shape index (κ3) is 4.25. The molecule has 1 aliphatic heterocycles. The minimum atomic E-state index is -0.260. The number of likely N-dealkylation sites (tertiary alicyclic amines) is 1. The van der Waals surface area contributed by atoms with E-state index in [1.54, 1.807) is 6.92 Å². The third-order valence-electron chi connectivity index (χ3n) is 5.06. The first-order valence-corrected chi connectivity index (χ1v) is 9.53. The molecule has 9 nitrogen and oxygen atoms in total. The van der Waals surface area contributed by atoms with Gasteiger partial charge in [-0.2, -0.15) is 14.8 Å². The van der Waals surface area contributed by atoms with Gasteiger partial charge in [-0.05, 0) is 37.8 Å². The van der Waals surface area contributed by atoms with E-state index in [4.69, 9.17) is 0 Å². The highest BCUT2D eigenvalue weighted by Gasteiger charge is 2.24. The maximum atomic E-state index is 12.4. The topological polar surface area (TPSA) is 105 Å². The number of aromatic nitrogens is 6. The highest BCUT2D eigenvalue weighted by atomic mass is 16.2. The van der Waals surface area contributed by atoms with Crippen molar-refractivity contribution in [1.82, 2.24) is 40.2 Å². The van der Waals surface area contributed by atoms with Crippen LogP contribution in [0.2, 0.25) is 0 Å². The molecule has 0 radical (unpaired) electrons. The van der Waals surface area contributed by atoms with Crippen molar-refractivity contribution in [2.75, 3.05) is 26.2 Å². The number of carbonyl (C=O) groups excluding carboxylic acids is 1. The van der Waals surface area contributed by atoms with E-state index in [1.807, 2.05) is 6.07 Å². The van der Waals surface area contributed by atoms with Crippen molar-refractivity contribution in [1.29, 1.82) is 0 Å². The highest BCUT2D eigenvalue weighted by Crippen LogP contribution is 2.16. The smallest absolute Gasteiger partial charge is 0.290 e. The van der Waals surface area contributed by atoms with Crippen LogP contribution in [0, 0.1) is 12.8 Å². The van der Waals surface area contributed by atoms with Gasteiger partial charge in [0.1, 0.15) is 12.2 Å². The second-order valence-corrected chi connectivity index (χ2v) is 7.10. The molecule has 9 heteroatoms. The van der Waals surface area contributed by atoms with Crippen LogP contribution in [-0.2, 0) is 6.42 Å². The summed E-state index contributed by atoms with van der Waals surface area (Å²) >= 11 is 0. The molecule has 3 aromatic rings. The molecule has 0 aliphatic carbocycles. The van der Waals surface area contributed by atoms with Gasteiger partial charge in [-0.15, -0.1) is 5.10 Å². The number of benzene rings is 1. The van der Waals surface area contributed by atoms with Crippen LogP contribution in [0.5, 0.6) is 0 Å². The number of amides is 1. The van der Waals surface area contributed by atoms with Crippen LogP contribution in [0.1, 0.15) is 28.4 Å². The molecule has 0 bridgehead atoms. The molecule has 0 saturated carbocycles. The van der Waals surface area contributed by atoms with E-state index in [9.17, 15) is 4.79 Å². The van der Waals surface area contributed by atoms with Crippen molar-refractivity contribution in [3.05, 3.63) is 53.9 Å². The number of nitrogens with one attached hydrogen (secondary N) is 2. The largest absolute Gasteiger partial charge is 0.349 e. The Morgan fingerprint density at radius 3 is 2.96 bits per heavy atom. The Bertz CT molecular complexity index is 905. The molecule has 28 heavy (non-hydrogen) atoms. The Morgan fingerprint density at radius 1 is 1.32 bits per heavy atom. The predicted octanol–water partition coefficient (Wildman–Crippen LogP) is 0.988. The van der Waals surface area contributed by atoms with Gasteiger partial charge in [0.05, 0.1) is 0 Å². The summed E-state index contributed by atoms with van der Waals surface area (Å²) in [6, 6.07) is 10.5. The van der Waals surface area contributed by atoms with Gasteiger partial charge in [0.15, 0.2) is 0 Å². The zero-order valence-corrected chi connectivity index (χ0v) is 15.9. The fourth-order valence-corrected chi connectivity index (χ4v) is 3.52. The van der Waals surface area contributed by atoms with Crippen molar-refractivity contribution in [3.8, 4) is 5.95 Å². The van der Waals surface area contributed by atoms with E-state index < -0.39 is 0 Å². The summed E-state index contributed by atoms with van der Waals surface area (Å²) in [5, 5.41) is 13.7. The Morgan fingerprint density at radius 2 is 2.18 bits per heavy atom. The van der Waals surface area contributed by atoms with Crippen molar-refractivity contribution in [2.45, 2.75) is 19.8 Å². The standard InChI is InChI=1S/C19H24N8O/c1-14-23-17(25-27(14)19-21-13-22-24-19)18(28)20-11-16-8-10-26(12-16)9-7-15-5-3-2-4-6-15/h2-6,13,16H,7-12H2,1H3,(H,20,28)(H,21,22,24). The van der Waals surface area contributed by atoms with E-state index >= 15 is 0 Å². The lowest BCUT2D eigenvalue weighted by Crippen LogP contribution is -2.32. The molecule has 146 valence electrons. The molecule has 1 aliphatic rings. The van der Waals surface area contributed by atoms with Crippen LogP contribution in [0.15, 0.2) is 36.7 Å².